The van der Waals surface area contributed by atoms with Gasteiger partial charge < -0.3 is 4.74 Å². The zero-order valence-corrected chi connectivity index (χ0v) is 12.6. The SMILES string of the molecule is CCCCCCCCC#Cc1ccccc1C(=O)OC. The topological polar surface area (TPSA) is 26.3 Å². The van der Waals surface area contributed by atoms with Crippen molar-refractivity contribution < 1.29 is 9.53 Å². The van der Waals surface area contributed by atoms with Crippen molar-refractivity contribution >= 4 is 5.97 Å². The molecule has 1 aromatic carbocycles. The monoisotopic (exact) mass is 272 g/mol. The maximum absolute atomic E-state index is 11.6. The van der Waals surface area contributed by atoms with Gasteiger partial charge in [-0.15, -0.1) is 0 Å². The normalized spacial score (nSPS) is 9.70. The van der Waals surface area contributed by atoms with Crippen LogP contribution in [0.1, 0.15) is 67.8 Å². The van der Waals surface area contributed by atoms with Crippen LogP contribution < -0.4 is 0 Å². The average molecular weight is 272 g/mol. The molecule has 2 heteroatoms. The molecule has 108 valence electrons. The number of rotatable bonds is 7. The molecule has 0 saturated heterocycles. The van der Waals surface area contributed by atoms with Crippen molar-refractivity contribution in [3.05, 3.63) is 35.4 Å². The summed E-state index contributed by atoms with van der Waals surface area (Å²) in [5, 5.41) is 0. The van der Waals surface area contributed by atoms with E-state index in [9.17, 15) is 4.79 Å². The largest absolute Gasteiger partial charge is 0.465 e. The molecule has 1 rings (SSSR count). The van der Waals surface area contributed by atoms with Crippen LogP contribution in [0.15, 0.2) is 24.3 Å². The number of methoxy groups -OCH3 is 1. The molecule has 1 aromatic rings. The second kappa shape index (κ2) is 10.1. The Morgan fingerprint density at radius 3 is 2.55 bits per heavy atom. The molecule has 0 aromatic heterocycles. The number of benzene rings is 1. The molecule has 0 radical (unpaired) electrons. The summed E-state index contributed by atoms with van der Waals surface area (Å²) in [5.74, 6) is 5.91. The van der Waals surface area contributed by atoms with E-state index in [0.29, 0.717) is 5.56 Å². The Bertz CT molecular complexity index is 466. The summed E-state index contributed by atoms with van der Waals surface area (Å²) in [6.45, 7) is 2.23. The zero-order chi connectivity index (χ0) is 14.6. The molecule has 0 atom stereocenters. The van der Waals surface area contributed by atoms with Gasteiger partial charge in [0.05, 0.1) is 12.7 Å². The summed E-state index contributed by atoms with van der Waals surface area (Å²) in [6.07, 6.45) is 8.51. The highest BCUT2D eigenvalue weighted by Gasteiger charge is 2.08. The summed E-state index contributed by atoms with van der Waals surface area (Å²) in [4.78, 5) is 11.6. The van der Waals surface area contributed by atoms with Crippen LogP contribution in [-0.2, 0) is 4.74 Å². The fourth-order valence-electron chi connectivity index (χ4n) is 2.03. The van der Waals surface area contributed by atoms with Gasteiger partial charge in [0.25, 0.3) is 0 Å². The second-order valence-electron chi connectivity index (χ2n) is 4.86. The van der Waals surface area contributed by atoms with Gasteiger partial charge in [-0.05, 0) is 18.6 Å². The van der Waals surface area contributed by atoms with E-state index in [-0.39, 0.29) is 5.97 Å². The highest BCUT2D eigenvalue weighted by molar-refractivity contribution is 5.92. The highest BCUT2D eigenvalue weighted by Crippen LogP contribution is 2.09. The number of esters is 1. The summed E-state index contributed by atoms with van der Waals surface area (Å²) >= 11 is 0. The van der Waals surface area contributed by atoms with E-state index in [1.54, 1.807) is 6.07 Å². The maximum Gasteiger partial charge on any atom is 0.339 e. The van der Waals surface area contributed by atoms with Crippen LogP contribution in [0.3, 0.4) is 0 Å². The first-order chi connectivity index (χ1) is 9.79. The zero-order valence-electron chi connectivity index (χ0n) is 12.6. The predicted molar refractivity (Wildman–Crippen MR) is 82.7 cm³/mol. The number of hydrogen-bond acceptors (Lipinski definition) is 2. The Morgan fingerprint density at radius 1 is 1.10 bits per heavy atom. The predicted octanol–water partition coefficient (Wildman–Crippen LogP) is 4.58. The third kappa shape index (κ3) is 5.93. The van der Waals surface area contributed by atoms with Gasteiger partial charge in [0.15, 0.2) is 0 Å². The molecule has 0 aliphatic rings. The first-order valence-corrected chi connectivity index (χ1v) is 7.45. The van der Waals surface area contributed by atoms with Crippen LogP contribution in [-0.4, -0.2) is 13.1 Å². The third-order valence-electron chi connectivity index (χ3n) is 3.21. The first-order valence-electron chi connectivity index (χ1n) is 7.45. The molecule has 0 bridgehead atoms. The van der Waals surface area contributed by atoms with E-state index in [1.165, 1.54) is 39.2 Å². The van der Waals surface area contributed by atoms with Gasteiger partial charge in [-0.25, -0.2) is 4.79 Å². The first kappa shape index (κ1) is 16.3. The van der Waals surface area contributed by atoms with Crippen LogP contribution in [0.25, 0.3) is 0 Å². The molecule has 0 aliphatic heterocycles. The smallest absolute Gasteiger partial charge is 0.339 e. The van der Waals surface area contributed by atoms with Gasteiger partial charge in [0, 0.05) is 12.0 Å². The van der Waals surface area contributed by atoms with Crippen molar-refractivity contribution in [2.24, 2.45) is 0 Å². The number of carbonyl (C=O) groups is 1. The molecular formula is C18H24O2. The van der Waals surface area contributed by atoms with Crippen molar-refractivity contribution in [1.82, 2.24) is 0 Å². The van der Waals surface area contributed by atoms with Gasteiger partial charge in [0.2, 0.25) is 0 Å². The van der Waals surface area contributed by atoms with Gasteiger partial charge in [-0.1, -0.05) is 63.0 Å². The van der Waals surface area contributed by atoms with Crippen LogP contribution in [0.2, 0.25) is 0 Å². The second-order valence-corrected chi connectivity index (χ2v) is 4.86. The summed E-state index contributed by atoms with van der Waals surface area (Å²) in [7, 11) is 1.39. The Morgan fingerprint density at radius 2 is 1.80 bits per heavy atom. The van der Waals surface area contributed by atoms with Crippen LogP contribution >= 0.6 is 0 Å². The lowest BCUT2D eigenvalue weighted by Gasteiger charge is -2.01. The van der Waals surface area contributed by atoms with E-state index < -0.39 is 0 Å². The average Bonchev–Trinajstić information content (AvgIpc) is 2.49. The summed E-state index contributed by atoms with van der Waals surface area (Å²) < 4.78 is 4.75. The molecule has 0 spiro atoms. The molecule has 0 amide bonds. The Kier molecular flexibility index (Phi) is 8.22. The van der Waals surface area contributed by atoms with Gasteiger partial charge >= 0.3 is 5.97 Å². The van der Waals surface area contributed by atoms with Gasteiger partial charge in [-0.3, -0.25) is 0 Å². The molecule has 0 N–H and O–H groups in total. The number of hydrogen-bond donors (Lipinski definition) is 0. The van der Waals surface area contributed by atoms with E-state index in [1.807, 2.05) is 18.2 Å². The molecule has 0 saturated carbocycles. The fourth-order valence-corrected chi connectivity index (χ4v) is 2.03. The summed E-state index contributed by atoms with van der Waals surface area (Å²) in [5.41, 5.74) is 1.30. The number of carbonyl (C=O) groups excluding carboxylic acids is 1. The Labute approximate surface area is 122 Å². The number of unbranched alkanes of at least 4 members (excludes halogenated alkanes) is 6. The molecule has 0 fully saturated rings. The van der Waals surface area contributed by atoms with Crippen LogP contribution in [0.5, 0.6) is 0 Å². The van der Waals surface area contributed by atoms with Crippen molar-refractivity contribution in [2.45, 2.75) is 51.9 Å². The quantitative estimate of drug-likeness (QED) is 0.413. The molecule has 0 heterocycles. The van der Waals surface area contributed by atoms with Gasteiger partial charge in [0.1, 0.15) is 0 Å². The van der Waals surface area contributed by atoms with Crippen molar-refractivity contribution in [3.8, 4) is 11.8 Å². The number of ether oxygens (including phenoxy) is 1. The van der Waals surface area contributed by atoms with Gasteiger partial charge in [-0.2, -0.15) is 0 Å². The van der Waals surface area contributed by atoms with Crippen molar-refractivity contribution in [2.75, 3.05) is 7.11 Å². The molecule has 0 aliphatic carbocycles. The lowest BCUT2D eigenvalue weighted by atomic mass is 10.1. The lowest BCUT2D eigenvalue weighted by Crippen LogP contribution is -2.03. The molecular weight excluding hydrogens is 248 g/mol. The Hall–Kier alpha value is -1.75. The van der Waals surface area contributed by atoms with E-state index >= 15 is 0 Å². The lowest BCUT2D eigenvalue weighted by molar-refractivity contribution is 0.0600. The van der Waals surface area contributed by atoms with Crippen LogP contribution in [0.4, 0.5) is 0 Å². The fraction of sp³-hybridized carbons (Fsp3) is 0.500. The minimum absolute atomic E-state index is 0.325. The van der Waals surface area contributed by atoms with Crippen LogP contribution in [0, 0.1) is 11.8 Å². The standard InChI is InChI=1S/C18H24O2/c1-3-4-5-6-7-8-9-10-13-16-14-11-12-15-17(16)18(19)20-2/h11-12,14-15H,3-9H2,1-2H3. The molecule has 20 heavy (non-hydrogen) atoms. The van der Waals surface area contributed by atoms with E-state index in [0.717, 1.165) is 18.4 Å². The summed E-state index contributed by atoms with van der Waals surface area (Å²) in [6, 6.07) is 7.33. The van der Waals surface area contributed by atoms with E-state index in [4.69, 9.17) is 4.74 Å². The van der Waals surface area contributed by atoms with Crippen molar-refractivity contribution in [1.29, 1.82) is 0 Å². The molecule has 0 unspecified atom stereocenters. The minimum atomic E-state index is -0.325. The van der Waals surface area contributed by atoms with Crippen molar-refractivity contribution in [3.63, 3.8) is 0 Å². The highest BCUT2D eigenvalue weighted by atomic mass is 16.5. The minimum Gasteiger partial charge on any atom is -0.465 e. The van der Waals surface area contributed by atoms with E-state index in [2.05, 4.69) is 18.8 Å². The third-order valence-corrected chi connectivity index (χ3v) is 3.21. The maximum atomic E-state index is 11.6. The Balaban J connectivity index is 2.42. The molecule has 2 nitrogen and oxygen atoms in total.